The number of ether oxygens (including phenoxy) is 2. The summed E-state index contributed by atoms with van der Waals surface area (Å²) in [5.74, 6) is 0.852. The third-order valence-electron chi connectivity index (χ3n) is 4.03. The minimum Gasteiger partial charge on any atom is -0.491 e. The van der Waals surface area contributed by atoms with Crippen LogP contribution in [-0.2, 0) is 17.6 Å². The van der Waals surface area contributed by atoms with Crippen molar-refractivity contribution >= 4 is 0 Å². The van der Waals surface area contributed by atoms with Gasteiger partial charge in [-0.05, 0) is 36.1 Å². The Morgan fingerprint density at radius 2 is 1.90 bits per heavy atom. The van der Waals surface area contributed by atoms with E-state index in [0.29, 0.717) is 13.2 Å². The predicted octanol–water partition coefficient (Wildman–Crippen LogP) is 1.41. The van der Waals surface area contributed by atoms with Crippen LogP contribution in [0.15, 0.2) is 30.4 Å². The van der Waals surface area contributed by atoms with Crippen molar-refractivity contribution < 1.29 is 14.6 Å². The Morgan fingerprint density at radius 1 is 1.14 bits per heavy atom. The highest BCUT2D eigenvalue weighted by atomic mass is 16.5. The Morgan fingerprint density at radius 3 is 2.71 bits per heavy atom. The zero-order valence-electron chi connectivity index (χ0n) is 12.3. The maximum Gasteiger partial charge on any atom is 0.119 e. The van der Waals surface area contributed by atoms with Crippen LogP contribution < -0.4 is 4.74 Å². The summed E-state index contributed by atoms with van der Waals surface area (Å²) in [5, 5.41) is 10.1. The Balaban J connectivity index is 1.48. The molecule has 1 aromatic rings. The van der Waals surface area contributed by atoms with Crippen LogP contribution in [0.4, 0.5) is 0 Å². The molecule has 1 N–H and O–H groups in total. The lowest BCUT2D eigenvalue weighted by atomic mass is 9.97. The first-order valence-electron chi connectivity index (χ1n) is 7.69. The first kappa shape index (κ1) is 14.6. The lowest BCUT2D eigenvalue weighted by Crippen LogP contribution is -2.42. The van der Waals surface area contributed by atoms with E-state index >= 15 is 0 Å². The Bertz CT molecular complexity index is 495. The third-order valence-corrected chi connectivity index (χ3v) is 4.03. The fourth-order valence-corrected chi connectivity index (χ4v) is 2.83. The number of morpholine rings is 1. The van der Waals surface area contributed by atoms with E-state index in [1.807, 2.05) is 6.07 Å². The monoisotopic (exact) mass is 289 g/mol. The maximum atomic E-state index is 10.1. The van der Waals surface area contributed by atoms with Crippen LogP contribution >= 0.6 is 0 Å². The van der Waals surface area contributed by atoms with Gasteiger partial charge < -0.3 is 14.6 Å². The molecular weight excluding hydrogens is 266 g/mol. The van der Waals surface area contributed by atoms with Crippen molar-refractivity contribution in [2.45, 2.75) is 18.9 Å². The first-order valence-corrected chi connectivity index (χ1v) is 7.69. The lowest BCUT2D eigenvalue weighted by Gasteiger charge is -2.28. The molecular formula is C17H23NO3. The van der Waals surface area contributed by atoms with E-state index in [2.05, 4.69) is 29.2 Å². The molecule has 3 rings (SSSR count). The number of hydrogen-bond donors (Lipinski definition) is 1. The molecule has 1 unspecified atom stereocenters. The molecule has 1 fully saturated rings. The summed E-state index contributed by atoms with van der Waals surface area (Å²) in [7, 11) is 0. The van der Waals surface area contributed by atoms with E-state index in [0.717, 1.165) is 44.9 Å². The number of nitrogens with zero attached hydrogens (tertiary/aromatic N) is 1. The number of β-amino-alcohol motifs (C(OH)–C–C–N with tert-alkyl or cyclic N) is 1. The van der Waals surface area contributed by atoms with Crippen LogP contribution in [0.3, 0.4) is 0 Å². The Labute approximate surface area is 126 Å². The summed E-state index contributed by atoms with van der Waals surface area (Å²) in [6.07, 6.45) is 5.92. The van der Waals surface area contributed by atoms with E-state index in [9.17, 15) is 5.11 Å². The Kier molecular flexibility index (Phi) is 4.91. The maximum absolute atomic E-state index is 10.1. The quantitative estimate of drug-likeness (QED) is 0.832. The molecule has 1 atom stereocenters. The van der Waals surface area contributed by atoms with E-state index in [1.165, 1.54) is 11.1 Å². The van der Waals surface area contributed by atoms with Crippen molar-refractivity contribution in [3.8, 4) is 5.75 Å². The second-order valence-electron chi connectivity index (χ2n) is 5.69. The lowest BCUT2D eigenvalue weighted by molar-refractivity contribution is 0.00465. The highest BCUT2D eigenvalue weighted by molar-refractivity contribution is 5.39. The van der Waals surface area contributed by atoms with Gasteiger partial charge in [0.1, 0.15) is 18.5 Å². The van der Waals surface area contributed by atoms with Gasteiger partial charge in [-0.15, -0.1) is 0 Å². The van der Waals surface area contributed by atoms with Gasteiger partial charge in [0.05, 0.1) is 13.2 Å². The number of allylic oxidation sites excluding steroid dienone is 2. The normalized spacial score (nSPS) is 20.0. The largest absolute Gasteiger partial charge is 0.491 e. The van der Waals surface area contributed by atoms with Crippen molar-refractivity contribution in [2.75, 3.05) is 39.5 Å². The molecule has 4 heteroatoms. The van der Waals surface area contributed by atoms with Gasteiger partial charge >= 0.3 is 0 Å². The molecule has 0 aromatic heterocycles. The highest BCUT2D eigenvalue weighted by Crippen LogP contribution is 2.22. The van der Waals surface area contributed by atoms with Crippen LogP contribution in [-0.4, -0.2) is 55.6 Å². The highest BCUT2D eigenvalue weighted by Gasteiger charge is 2.15. The molecule has 114 valence electrons. The predicted molar refractivity (Wildman–Crippen MR) is 81.8 cm³/mol. The molecule has 4 nitrogen and oxygen atoms in total. The standard InChI is InChI=1S/C17H23NO3/c19-16(12-18-7-9-20-10-8-18)13-21-17-6-5-14-3-1-2-4-15(14)11-17/h1-2,5-6,11,16,19H,3-4,7-10,12-13H2. The van der Waals surface area contributed by atoms with Crippen molar-refractivity contribution in [3.63, 3.8) is 0 Å². The molecule has 0 saturated carbocycles. The van der Waals surface area contributed by atoms with Gasteiger partial charge in [0.15, 0.2) is 0 Å². The van der Waals surface area contributed by atoms with E-state index in [-0.39, 0.29) is 0 Å². The zero-order valence-corrected chi connectivity index (χ0v) is 12.3. The van der Waals surface area contributed by atoms with Crippen LogP contribution in [0.5, 0.6) is 5.75 Å². The average Bonchev–Trinajstić information content (AvgIpc) is 2.54. The number of aliphatic hydroxyl groups excluding tert-OH is 1. The van der Waals surface area contributed by atoms with Crippen molar-refractivity contribution in [1.29, 1.82) is 0 Å². The van der Waals surface area contributed by atoms with Gasteiger partial charge in [-0.3, -0.25) is 4.90 Å². The summed E-state index contributed by atoms with van der Waals surface area (Å²) in [6.45, 7) is 4.28. The van der Waals surface area contributed by atoms with E-state index in [4.69, 9.17) is 9.47 Å². The second kappa shape index (κ2) is 7.07. The number of hydrogen-bond acceptors (Lipinski definition) is 4. The number of fused-ring (bicyclic) bond motifs is 1. The average molecular weight is 289 g/mol. The SMILES string of the molecule is OC(COc1ccc2c(c1)CC=CC2)CN1CCOCC1. The van der Waals surface area contributed by atoms with Crippen LogP contribution in [0.2, 0.25) is 0 Å². The van der Waals surface area contributed by atoms with E-state index < -0.39 is 6.10 Å². The summed E-state index contributed by atoms with van der Waals surface area (Å²) >= 11 is 0. The number of aliphatic hydroxyl groups is 1. The minimum absolute atomic E-state index is 0.339. The van der Waals surface area contributed by atoms with Crippen LogP contribution in [0.1, 0.15) is 11.1 Å². The minimum atomic E-state index is -0.459. The summed E-state index contributed by atoms with van der Waals surface area (Å²) in [4.78, 5) is 2.22. The third kappa shape index (κ3) is 4.06. The molecule has 21 heavy (non-hydrogen) atoms. The molecule has 1 heterocycles. The van der Waals surface area contributed by atoms with Gasteiger partial charge in [0.2, 0.25) is 0 Å². The van der Waals surface area contributed by atoms with Crippen LogP contribution in [0.25, 0.3) is 0 Å². The molecule has 2 aliphatic rings. The van der Waals surface area contributed by atoms with Gasteiger partial charge in [-0.2, -0.15) is 0 Å². The molecule has 0 spiro atoms. The number of rotatable bonds is 5. The van der Waals surface area contributed by atoms with Gasteiger partial charge in [0, 0.05) is 19.6 Å². The molecule has 1 aromatic carbocycles. The summed E-state index contributed by atoms with van der Waals surface area (Å²) < 4.78 is 11.0. The van der Waals surface area contributed by atoms with Gasteiger partial charge in [-0.25, -0.2) is 0 Å². The van der Waals surface area contributed by atoms with Crippen LogP contribution in [0, 0.1) is 0 Å². The van der Waals surface area contributed by atoms with Gasteiger partial charge in [0.25, 0.3) is 0 Å². The van der Waals surface area contributed by atoms with Crippen molar-refractivity contribution in [3.05, 3.63) is 41.5 Å². The summed E-state index contributed by atoms with van der Waals surface area (Å²) in [6, 6.07) is 6.22. The Hall–Kier alpha value is -1.36. The molecule has 0 bridgehead atoms. The molecule has 1 aliphatic heterocycles. The smallest absolute Gasteiger partial charge is 0.119 e. The molecule has 1 saturated heterocycles. The number of benzene rings is 1. The molecule has 0 radical (unpaired) electrons. The second-order valence-corrected chi connectivity index (χ2v) is 5.69. The zero-order chi connectivity index (χ0) is 14.5. The summed E-state index contributed by atoms with van der Waals surface area (Å²) in [5.41, 5.74) is 2.70. The fourth-order valence-electron chi connectivity index (χ4n) is 2.83. The topological polar surface area (TPSA) is 41.9 Å². The van der Waals surface area contributed by atoms with Crippen molar-refractivity contribution in [2.24, 2.45) is 0 Å². The molecule has 0 amide bonds. The van der Waals surface area contributed by atoms with E-state index in [1.54, 1.807) is 0 Å². The van der Waals surface area contributed by atoms with Crippen molar-refractivity contribution in [1.82, 2.24) is 4.90 Å². The van der Waals surface area contributed by atoms with Gasteiger partial charge in [-0.1, -0.05) is 18.2 Å². The first-order chi connectivity index (χ1) is 10.3. The fraction of sp³-hybridized carbons (Fsp3) is 0.529. The molecule has 1 aliphatic carbocycles.